The first-order chi connectivity index (χ1) is 12.6. The Hall–Kier alpha value is -0.580. The highest BCUT2D eigenvalue weighted by Crippen LogP contribution is 2.14. The number of unbranched alkanes of at least 4 members (excludes halogenated alkanes) is 9. The molecule has 1 rings (SSSR count). The summed E-state index contributed by atoms with van der Waals surface area (Å²) in [5.74, 6) is 0.890. The van der Waals surface area contributed by atoms with E-state index in [2.05, 4.69) is 21.0 Å². The first-order valence-corrected chi connectivity index (χ1v) is 10.7. The number of rotatable bonds is 16. The SMILES string of the molecule is CCCCCCCCCCCC[N+](C)(C)CCOc1ccc(CO)cc1.[Br-]. The van der Waals surface area contributed by atoms with Crippen molar-refractivity contribution < 1.29 is 31.3 Å². The number of halogens is 1. The fourth-order valence-corrected chi connectivity index (χ4v) is 3.24. The minimum atomic E-state index is 0. The zero-order valence-corrected chi connectivity index (χ0v) is 19.5. The highest BCUT2D eigenvalue weighted by molar-refractivity contribution is 5.26. The third-order valence-electron chi connectivity index (χ3n) is 5.19. The Morgan fingerprint density at radius 3 is 1.81 bits per heavy atom. The van der Waals surface area contributed by atoms with Gasteiger partial charge in [0.05, 0.1) is 27.2 Å². The molecule has 158 valence electrons. The van der Waals surface area contributed by atoms with Gasteiger partial charge >= 0.3 is 0 Å². The molecule has 0 aliphatic carbocycles. The third-order valence-corrected chi connectivity index (χ3v) is 5.19. The third kappa shape index (κ3) is 14.1. The molecule has 0 aliphatic heterocycles. The molecule has 1 aromatic carbocycles. The van der Waals surface area contributed by atoms with Gasteiger partial charge in [-0.3, -0.25) is 0 Å². The number of aliphatic hydroxyl groups excluding tert-OH is 1. The Bertz CT molecular complexity index is 448. The molecule has 0 saturated heterocycles. The van der Waals surface area contributed by atoms with Crippen LogP contribution < -0.4 is 21.7 Å². The molecule has 0 radical (unpaired) electrons. The molecule has 0 bridgehead atoms. The van der Waals surface area contributed by atoms with Gasteiger partial charge in [0.2, 0.25) is 0 Å². The summed E-state index contributed by atoms with van der Waals surface area (Å²) in [4.78, 5) is 0. The number of quaternary nitrogens is 1. The van der Waals surface area contributed by atoms with Gasteiger partial charge in [0, 0.05) is 0 Å². The summed E-state index contributed by atoms with van der Waals surface area (Å²) >= 11 is 0. The summed E-state index contributed by atoms with van der Waals surface area (Å²) < 4.78 is 6.86. The van der Waals surface area contributed by atoms with Gasteiger partial charge in [-0.1, -0.05) is 70.4 Å². The van der Waals surface area contributed by atoms with Crippen LogP contribution in [0.25, 0.3) is 0 Å². The highest BCUT2D eigenvalue weighted by atomic mass is 79.9. The van der Waals surface area contributed by atoms with Crippen molar-refractivity contribution in [1.82, 2.24) is 0 Å². The predicted molar refractivity (Wildman–Crippen MR) is 112 cm³/mol. The Kier molecular flexibility index (Phi) is 16.0. The normalized spacial score (nSPS) is 11.3. The van der Waals surface area contributed by atoms with Crippen LogP contribution in [0.3, 0.4) is 0 Å². The van der Waals surface area contributed by atoms with E-state index in [0.717, 1.165) is 28.9 Å². The van der Waals surface area contributed by atoms with Crippen LogP contribution in [-0.2, 0) is 6.61 Å². The lowest BCUT2D eigenvalue weighted by molar-refractivity contribution is -0.890. The topological polar surface area (TPSA) is 29.5 Å². The van der Waals surface area contributed by atoms with Crippen LogP contribution in [0.5, 0.6) is 5.75 Å². The van der Waals surface area contributed by atoms with E-state index >= 15 is 0 Å². The van der Waals surface area contributed by atoms with Crippen molar-refractivity contribution in [3.05, 3.63) is 29.8 Å². The smallest absolute Gasteiger partial charge is 0.137 e. The zero-order chi connectivity index (χ0) is 19.1. The standard InChI is InChI=1S/C23H42NO2.BrH/c1-4-5-6-7-8-9-10-11-12-13-18-24(2,3)19-20-26-23-16-14-22(21-25)15-17-23;/h14-17,25H,4-13,18-21H2,1-3H3;1H/q+1;/p-1. The molecule has 1 aromatic rings. The Morgan fingerprint density at radius 2 is 1.30 bits per heavy atom. The number of ether oxygens (including phenoxy) is 1. The van der Waals surface area contributed by atoms with Crippen LogP contribution in [0.2, 0.25) is 0 Å². The van der Waals surface area contributed by atoms with Crippen molar-refractivity contribution in [2.45, 2.75) is 77.7 Å². The minimum absolute atomic E-state index is 0. The second-order valence-electron chi connectivity index (χ2n) is 8.22. The Balaban J connectivity index is 0.00000676. The van der Waals surface area contributed by atoms with E-state index in [9.17, 15) is 0 Å². The van der Waals surface area contributed by atoms with E-state index < -0.39 is 0 Å². The quantitative estimate of drug-likeness (QED) is 0.314. The van der Waals surface area contributed by atoms with Crippen molar-refractivity contribution in [3.63, 3.8) is 0 Å². The molecule has 27 heavy (non-hydrogen) atoms. The molecule has 0 heterocycles. The van der Waals surface area contributed by atoms with Crippen molar-refractivity contribution in [2.24, 2.45) is 0 Å². The van der Waals surface area contributed by atoms with Crippen molar-refractivity contribution in [3.8, 4) is 5.75 Å². The largest absolute Gasteiger partial charge is 1.00 e. The molecule has 0 fully saturated rings. The second-order valence-corrected chi connectivity index (χ2v) is 8.22. The van der Waals surface area contributed by atoms with Gasteiger partial charge in [0.25, 0.3) is 0 Å². The lowest BCUT2D eigenvalue weighted by atomic mass is 10.1. The lowest BCUT2D eigenvalue weighted by Gasteiger charge is -2.29. The molecule has 0 aliphatic rings. The van der Waals surface area contributed by atoms with Gasteiger partial charge in [-0.15, -0.1) is 0 Å². The molecule has 0 spiro atoms. The van der Waals surface area contributed by atoms with Gasteiger partial charge in [0.1, 0.15) is 18.9 Å². The Labute approximate surface area is 178 Å². The van der Waals surface area contributed by atoms with Gasteiger partial charge < -0.3 is 31.3 Å². The molecule has 0 atom stereocenters. The van der Waals surface area contributed by atoms with Crippen LogP contribution in [-0.4, -0.2) is 43.4 Å². The van der Waals surface area contributed by atoms with Gasteiger partial charge in [-0.2, -0.15) is 0 Å². The number of hydrogen-bond acceptors (Lipinski definition) is 2. The molecule has 3 nitrogen and oxygen atoms in total. The van der Waals surface area contributed by atoms with Gasteiger partial charge in [0.15, 0.2) is 0 Å². The van der Waals surface area contributed by atoms with Crippen LogP contribution >= 0.6 is 0 Å². The minimum Gasteiger partial charge on any atom is -1.00 e. The Morgan fingerprint density at radius 1 is 0.778 bits per heavy atom. The zero-order valence-electron chi connectivity index (χ0n) is 17.9. The lowest BCUT2D eigenvalue weighted by Crippen LogP contribution is -3.00. The van der Waals surface area contributed by atoms with E-state index in [1.807, 2.05) is 24.3 Å². The maximum Gasteiger partial charge on any atom is 0.137 e. The summed E-state index contributed by atoms with van der Waals surface area (Å²) in [6.45, 7) is 5.36. The second kappa shape index (κ2) is 16.4. The van der Waals surface area contributed by atoms with E-state index in [0.29, 0.717) is 0 Å². The van der Waals surface area contributed by atoms with Gasteiger partial charge in [-0.25, -0.2) is 0 Å². The maximum atomic E-state index is 9.06. The van der Waals surface area contributed by atoms with Crippen LogP contribution in [0.4, 0.5) is 0 Å². The first kappa shape index (κ1) is 26.4. The number of benzene rings is 1. The molecule has 4 heteroatoms. The fraction of sp³-hybridized carbons (Fsp3) is 0.739. The number of likely N-dealkylation sites (N-methyl/N-ethyl adjacent to an activating group) is 1. The fourth-order valence-electron chi connectivity index (χ4n) is 3.24. The van der Waals surface area contributed by atoms with Crippen molar-refractivity contribution in [2.75, 3.05) is 33.8 Å². The molecular formula is C23H42BrNO2. The van der Waals surface area contributed by atoms with Crippen LogP contribution in [0.1, 0.15) is 76.7 Å². The predicted octanol–water partition coefficient (Wildman–Crippen LogP) is 2.56. The molecule has 0 aromatic heterocycles. The molecule has 0 amide bonds. The average molecular weight is 444 g/mol. The monoisotopic (exact) mass is 443 g/mol. The average Bonchev–Trinajstić information content (AvgIpc) is 2.63. The summed E-state index contributed by atoms with van der Waals surface area (Å²) in [7, 11) is 4.60. The van der Waals surface area contributed by atoms with E-state index in [4.69, 9.17) is 9.84 Å². The molecule has 0 unspecified atom stereocenters. The number of nitrogens with zero attached hydrogens (tertiary/aromatic N) is 1. The van der Waals surface area contributed by atoms with E-state index in [1.165, 1.54) is 70.8 Å². The summed E-state index contributed by atoms with van der Waals surface area (Å²) in [5, 5.41) is 9.06. The van der Waals surface area contributed by atoms with Crippen LogP contribution in [0, 0.1) is 0 Å². The van der Waals surface area contributed by atoms with Crippen LogP contribution in [0.15, 0.2) is 24.3 Å². The highest BCUT2D eigenvalue weighted by Gasteiger charge is 2.14. The molecule has 0 saturated carbocycles. The molecular weight excluding hydrogens is 402 g/mol. The summed E-state index contributed by atoms with van der Waals surface area (Å²) in [5.41, 5.74) is 0.925. The first-order valence-electron chi connectivity index (χ1n) is 10.7. The molecule has 1 N–H and O–H groups in total. The van der Waals surface area contributed by atoms with Gasteiger partial charge in [-0.05, 0) is 30.5 Å². The number of hydrogen-bond donors (Lipinski definition) is 1. The van der Waals surface area contributed by atoms with E-state index in [1.54, 1.807) is 0 Å². The maximum absolute atomic E-state index is 9.06. The summed E-state index contributed by atoms with van der Waals surface area (Å²) in [6, 6.07) is 7.71. The summed E-state index contributed by atoms with van der Waals surface area (Å²) in [6.07, 6.45) is 13.9. The van der Waals surface area contributed by atoms with Crippen molar-refractivity contribution in [1.29, 1.82) is 0 Å². The van der Waals surface area contributed by atoms with Crippen molar-refractivity contribution >= 4 is 0 Å². The number of aliphatic hydroxyl groups is 1. The van der Waals surface area contributed by atoms with E-state index in [-0.39, 0.29) is 23.6 Å².